The van der Waals surface area contributed by atoms with Gasteiger partial charge in [-0.15, -0.1) is 0 Å². The zero-order valence-electron chi connectivity index (χ0n) is 14.9. The molecule has 0 unspecified atom stereocenters. The van der Waals surface area contributed by atoms with E-state index in [1.807, 2.05) is 0 Å². The summed E-state index contributed by atoms with van der Waals surface area (Å²) in [4.78, 5) is 0. The standard InChI is InChI=1S/C7H7.3C6H5.Sb/c1-7-5-3-2-4-6-7;3*1-2-4-6-5-3-1;/h2-5H,1H3;3*1-5H;/q;;;;+1. The Labute approximate surface area is 160 Å². The molecule has 0 nitrogen and oxygen atoms in total. The van der Waals surface area contributed by atoms with Crippen molar-refractivity contribution in [2.45, 2.75) is 6.92 Å². The molecular weight excluding hydrogens is 422 g/mol. The molecule has 0 saturated heterocycles. The van der Waals surface area contributed by atoms with E-state index in [0.29, 0.717) is 0 Å². The molecule has 0 fully saturated rings. The van der Waals surface area contributed by atoms with Gasteiger partial charge in [0.1, 0.15) is 0 Å². The fraction of sp³-hybridized carbons (Fsp3) is 0.0400. The van der Waals surface area contributed by atoms with Crippen molar-refractivity contribution in [3.63, 3.8) is 0 Å². The number of aryl methyl sites for hydroxylation is 1. The maximum absolute atomic E-state index is 3.23. The molecule has 26 heavy (non-hydrogen) atoms. The SMILES string of the molecule is Cc1cccc[c]1[Sb+]([c]1ccccc1)([c]1ccccc1)[c]1ccccc1. The van der Waals surface area contributed by atoms with Gasteiger partial charge >= 0.3 is 161 Å². The zero-order chi connectivity index (χ0) is 17.8. The molecule has 0 heterocycles. The first kappa shape index (κ1) is 17.1. The molecule has 0 saturated carbocycles. The molecule has 4 aromatic carbocycles. The van der Waals surface area contributed by atoms with Gasteiger partial charge in [-0.1, -0.05) is 0 Å². The second-order valence-electron chi connectivity index (χ2n) is 6.46. The summed E-state index contributed by atoms with van der Waals surface area (Å²) in [5.74, 6) is 0. The van der Waals surface area contributed by atoms with Gasteiger partial charge < -0.3 is 0 Å². The van der Waals surface area contributed by atoms with Crippen molar-refractivity contribution in [1.82, 2.24) is 0 Å². The molecule has 0 amide bonds. The van der Waals surface area contributed by atoms with Gasteiger partial charge in [0.2, 0.25) is 0 Å². The van der Waals surface area contributed by atoms with Gasteiger partial charge in [0.05, 0.1) is 0 Å². The summed E-state index contributed by atoms with van der Waals surface area (Å²) in [6.07, 6.45) is 0. The van der Waals surface area contributed by atoms with Crippen molar-refractivity contribution in [3.8, 4) is 0 Å². The Bertz CT molecular complexity index is 879. The first-order valence-electron chi connectivity index (χ1n) is 8.95. The fourth-order valence-electron chi connectivity index (χ4n) is 3.76. The first-order valence-corrected chi connectivity index (χ1v) is 14.1. The Kier molecular flexibility index (Phi) is 4.95. The van der Waals surface area contributed by atoms with Crippen LogP contribution < -0.4 is 14.0 Å². The van der Waals surface area contributed by atoms with Crippen LogP contribution in [0.15, 0.2) is 115 Å². The quantitative estimate of drug-likeness (QED) is 0.424. The molecule has 0 aliphatic heterocycles. The molecule has 4 rings (SSSR count). The molecule has 0 N–H and O–H groups in total. The molecule has 0 aromatic heterocycles. The second-order valence-corrected chi connectivity index (χ2v) is 16.1. The van der Waals surface area contributed by atoms with E-state index in [1.165, 1.54) is 19.6 Å². The minimum atomic E-state index is -3.23. The number of rotatable bonds is 4. The van der Waals surface area contributed by atoms with Crippen molar-refractivity contribution in [1.29, 1.82) is 0 Å². The van der Waals surface area contributed by atoms with Crippen molar-refractivity contribution < 1.29 is 0 Å². The summed E-state index contributed by atoms with van der Waals surface area (Å²) in [5, 5.41) is 0. The van der Waals surface area contributed by atoms with Gasteiger partial charge in [0.25, 0.3) is 0 Å². The summed E-state index contributed by atoms with van der Waals surface area (Å²) < 4.78 is 5.97. The van der Waals surface area contributed by atoms with E-state index in [9.17, 15) is 0 Å². The molecule has 1 heteroatoms. The zero-order valence-corrected chi connectivity index (χ0v) is 17.5. The van der Waals surface area contributed by atoms with E-state index < -0.39 is 18.8 Å². The van der Waals surface area contributed by atoms with Crippen LogP contribution in [0.25, 0.3) is 0 Å². The van der Waals surface area contributed by atoms with Crippen LogP contribution in [0.4, 0.5) is 0 Å². The van der Waals surface area contributed by atoms with Crippen LogP contribution in [0, 0.1) is 6.92 Å². The molecule has 0 spiro atoms. The van der Waals surface area contributed by atoms with E-state index in [-0.39, 0.29) is 0 Å². The summed E-state index contributed by atoms with van der Waals surface area (Å²) in [6, 6.07) is 42.4. The number of hydrogen-bond donors (Lipinski definition) is 0. The van der Waals surface area contributed by atoms with E-state index >= 15 is 0 Å². The normalized spacial score (nSPS) is 11.3. The minimum absolute atomic E-state index is 1.38. The van der Waals surface area contributed by atoms with Crippen LogP contribution in [0.2, 0.25) is 0 Å². The van der Waals surface area contributed by atoms with Gasteiger partial charge in [0.15, 0.2) is 0 Å². The van der Waals surface area contributed by atoms with E-state index in [4.69, 9.17) is 0 Å². The molecule has 0 radical (unpaired) electrons. The predicted molar refractivity (Wildman–Crippen MR) is 115 cm³/mol. The number of benzene rings is 4. The van der Waals surface area contributed by atoms with Gasteiger partial charge in [-0.3, -0.25) is 0 Å². The molecule has 4 aromatic rings. The Balaban J connectivity index is 2.17. The molecule has 126 valence electrons. The van der Waals surface area contributed by atoms with Gasteiger partial charge in [0, 0.05) is 0 Å². The van der Waals surface area contributed by atoms with Crippen LogP contribution in [-0.4, -0.2) is 18.8 Å². The van der Waals surface area contributed by atoms with Crippen molar-refractivity contribution in [3.05, 3.63) is 121 Å². The van der Waals surface area contributed by atoms with Crippen LogP contribution in [-0.2, 0) is 0 Å². The van der Waals surface area contributed by atoms with Crippen molar-refractivity contribution in [2.24, 2.45) is 0 Å². The summed E-state index contributed by atoms with van der Waals surface area (Å²) in [7, 11) is 0. The van der Waals surface area contributed by atoms with Crippen molar-refractivity contribution >= 4 is 32.8 Å². The van der Waals surface area contributed by atoms with Crippen LogP contribution in [0.5, 0.6) is 0 Å². The summed E-state index contributed by atoms with van der Waals surface area (Å²) in [6.45, 7) is 2.26. The van der Waals surface area contributed by atoms with E-state index in [1.54, 1.807) is 0 Å². The monoisotopic (exact) mass is 443 g/mol. The van der Waals surface area contributed by atoms with Crippen molar-refractivity contribution in [2.75, 3.05) is 0 Å². The van der Waals surface area contributed by atoms with Gasteiger partial charge in [-0.25, -0.2) is 0 Å². The Hall–Kier alpha value is -2.30. The fourth-order valence-corrected chi connectivity index (χ4v) is 16.6. The number of hydrogen-bond acceptors (Lipinski definition) is 0. The summed E-state index contributed by atoms with van der Waals surface area (Å²) >= 11 is -3.23. The third kappa shape index (κ3) is 2.89. The molecule has 0 aliphatic carbocycles. The Morgan fingerprint density at radius 2 is 0.769 bits per heavy atom. The third-order valence-corrected chi connectivity index (χ3v) is 17.6. The Morgan fingerprint density at radius 3 is 1.15 bits per heavy atom. The van der Waals surface area contributed by atoms with Gasteiger partial charge in [-0.05, 0) is 0 Å². The molecular formula is C25H22Sb+. The average Bonchev–Trinajstić information content (AvgIpc) is 2.72. The van der Waals surface area contributed by atoms with Crippen LogP contribution in [0.1, 0.15) is 5.56 Å². The van der Waals surface area contributed by atoms with Crippen LogP contribution >= 0.6 is 0 Å². The third-order valence-electron chi connectivity index (χ3n) is 4.91. The molecule has 0 aliphatic rings. The summed E-state index contributed by atoms with van der Waals surface area (Å²) in [5.41, 5.74) is 1.38. The maximum atomic E-state index is 2.36. The van der Waals surface area contributed by atoms with E-state index in [2.05, 4.69) is 122 Å². The molecule has 0 bridgehead atoms. The van der Waals surface area contributed by atoms with Gasteiger partial charge in [-0.2, -0.15) is 0 Å². The predicted octanol–water partition coefficient (Wildman–Crippen LogP) is 3.37. The first-order chi connectivity index (χ1) is 12.8. The van der Waals surface area contributed by atoms with E-state index in [0.717, 1.165) is 0 Å². The average molecular weight is 444 g/mol. The molecule has 0 atom stereocenters. The second kappa shape index (κ2) is 7.52. The Morgan fingerprint density at radius 1 is 0.423 bits per heavy atom. The van der Waals surface area contributed by atoms with Crippen LogP contribution in [0.3, 0.4) is 0 Å². The topological polar surface area (TPSA) is 0 Å².